The van der Waals surface area contributed by atoms with Gasteiger partial charge in [-0.1, -0.05) is 12.8 Å². The fraction of sp³-hybridized carbons (Fsp3) is 0.636. The Hall–Kier alpha value is -0.990. The van der Waals surface area contributed by atoms with Crippen LogP contribution in [0.5, 0.6) is 0 Å². The van der Waals surface area contributed by atoms with Crippen LogP contribution in [-0.2, 0) is 14.3 Å². The number of hydrogen-bond donors (Lipinski definition) is 0. The van der Waals surface area contributed by atoms with Gasteiger partial charge in [0.1, 0.15) is 0 Å². The van der Waals surface area contributed by atoms with Crippen LogP contribution in [0.4, 0.5) is 0 Å². The van der Waals surface area contributed by atoms with E-state index in [4.69, 9.17) is 4.74 Å². The van der Waals surface area contributed by atoms with Crippen molar-refractivity contribution in [2.24, 2.45) is 5.41 Å². The minimum atomic E-state index is -0.105. The van der Waals surface area contributed by atoms with E-state index in [0.29, 0.717) is 19.5 Å². The summed E-state index contributed by atoms with van der Waals surface area (Å²) in [6.45, 7) is 4.28. The molecule has 1 rings (SSSR count). The lowest BCUT2D eigenvalue weighted by atomic mass is 9.81. The predicted molar refractivity (Wildman–Crippen MR) is 52.2 cm³/mol. The van der Waals surface area contributed by atoms with Crippen molar-refractivity contribution in [3.05, 3.63) is 13.3 Å². The zero-order valence-corrected chi connectivity index (χ0v) is 8.33. The molecule has 0 heterocycles. The zero-order valence-electron chi connectivity index (χ0n) is 8.33. The summed E-state index contributed by atoms with van der Waals surface area (Å²) >= 11 is 0. The number of ether oxygens (including phenoxy) is 1. The first-order valence-corrected chi connectivity index (χ1v) is 4.93. The Labute approximate surface area is 84.8 Å². The average Bonchev–Trinajstić information content (AvgIpc) is 2.64. The van der Waals surface area contributed by atoms with E-state index < -0.39 is 0 Å². The Morgan fingerprint density at radius 1 is 1.50 bits per heavy atom. The number of rotatable bonds is 6. The SMILES string of the molecule is [CH2-][CH+]C(=O)CC1(COC=O)CCCC1. The average molecular weight is 196 g/mol. The molecule has 0 bridgehead atoms. The maximum absolute atomic E-state index is 11.3. The molecule has 0 radical (unpaired) electrons. The number of carbonyl (C=O) groups is 2. The monoisotopic (exact) mass is 196 g/mol. The molecule has 0 aromatic rings. The number of hydrogen-bond acceptors (Lipinski definition) is 3. The van der Waals surface area contributed by atoms with Crippen molar-refractivity contribution >= 4 is 12.3 Å². The van der Waals surface area contributed by atoms with Crippen molar-refractivity contribution < 1.29 is 14.3 Å². The van der Waals surface area contributed by atoms with Crippen LogP contribution in [0.3, 0.4) is 0 Å². The van der Waals surface area contributed by atoms with Crippen LogP contribution >= 0.6 is 0 Å². The molecule has 1 fully saturated rings. The van der Waals surface area contributed by atoms with Crippen LogP contribution in [0.25, 0.3) is 0 Å². The number of Topliss-reactive ketones (excluding diaryl/α,β-unsaturated/α-hetero) is 1. The van der Waals surface area contributed by atoms with Crippen molar-refractivity contribution in [3.63, 3.8) is 0 Å². The molecule has 0 unspecified atom stereocenters. The molecule has 1 saturated carbocycles. The third kappa shape index (κ3) is 2.76. The molecule has 0 atom stereocenters. The van der Waals surface area contributed by atoms with E-state index >= 15 is 0 Å². The second-order valence-electron chi connectivity index (χ2n) is 3.96. The molecule has 78 valence electrons. The number of carbonyl (C=O) groups excluding carboxylic acids is 2. The summed E-state index contributed by atoms with van der Waals surface area (Å²) in [6.07, 6.45) is 5.99. The lowest BCUT2D eigenvalue weighted by molar-refractivity contribution is -0.134. The van der Waals surface area contributed by atoms with E-state index in [2.05, 4.69) is 6.92 Å². The van der Waals surface area contributed by atoms with Gasteiger partial charge in [-0.25, -0.2) is 4.79 Å². The van der Waals surface area contributed by atoms with Gasteiger partial charge in [-0.15, -0.1) is 6.92 Å². The van der Waals surface area contributed by atoms with Gasteiger partial charge in [0.15, 0.2) is 0 Å². The minimum absolute atomic E-state index is 0.0430. The summed E-state index contributed by atoms with van der Waals surface area (Å²) in [5.41, 5.74) is -0.105. The van der Waals surface area contributed by atoms with Crippen molar-refractivity contribution in [2.75, 3.05) is 6.61 Å². The molecule has 0 aromatic carbocycles. The molecule has 0 spiro atoms. The van der Waals surface area contributed by atoms with E-state index in [9.17, 15) is 9.59 Å². The van der Waals surface area contributed by atoms with E-state index in [1.165, 1.54) is 6.42 Å². The van der Waals surface area contributed by atoms with Crippen molar-refractivity contribution in [1.82, 2.24) is 0 Å². The first-order chi connectivity index (χ1) is 6.72. The van der Waals surface area contributed by atoms with Gasteiger partial charge < -0.3 is 4.74 Å². The molecule has 0 amide bonds. The van der Waals surface area contributed by atoms with Crippen molar-refractivity contribution in [1.29, 1.82) is 0 Å². The second kappa shape index (κ2) is 5.03. The highest BCUT2D eigenvalue weighted by atomic mass is 16.5. The Bertz CT molecular complexity index is 205. The quantitative estimate of drug-likeness (QED) is 0.480. The van der Waals surface area contributed by atoms with Crippen LogP contribution in [0.15, 0.2) is 0 Å². The van der Waals surface area contributed by atoms with Gasteiger partial charge in [-0.05, 0) is 19.3 Å². The van der Waals surface area contributed by atoms with Crippen LogP contribution in [0, 0.1) is 18.8 Å². The molecule has 3 heteroatoms. The van der Waals surface area contributed by atoms with Crippen LogP contribution in [-0.4, -0.2) is 18.9 Å². The standard InChI is InChI=1S/C11H16O3/c1-2-10(13)7-11(8-14-9-12)5-3-4-6-11/h2,9H,1,3-8H2. The summed E-state index contributed by atoms with van der Waals surface area (Å²) in [5, 5.41) is 0. The van der Waals surface area contributed by atoms with Crippen LogP contribution in [0.2, 0.25) is 0 Å². The van der Waals surface area contributed by atoms with E-state index in [1.54, 1.807) is 0 Å². The maximum atomic E-state index is 11.3. The van der Waals surface area contributed by atoms with Gasteiger partial charge in [-0.2, -0.15) is 0 Å². The third-order valence-corrected chi connectivity index (χ3v) is 2.90. The molecule has 0 aliphatic heterocycles. The van der Waals surface area contributed by atoms with E-state index in [0.717, 1.165) is 25.7 Å². The molecule has 0 saturated heterocycles. The minimum Gasteiger partial charge on any atom is -0.467 e. The molecule has 14 heavy (non-hydrogen) atoms. The molecule has 0 aromatic heterocycles. The number of ketones is 1. The maximum Gasteiger partial charge on any atom is 0.293 e. The Balaban J connectivity index is 2.52. The lowest BCUT2D eigenvalue weighted by Gasteiger charge is -2.25. The van der Waals surface area contributed by atoms with Crippen molar-refractivity contribution in [3.8, 4) is 0 Å². The second-order valence-corrected chi connectivity index (χ2v) is 3.96. The fourth-order valence-corrected chi connectivity index (χ4v) is 2.15. The highest BCUT2D eigenvalue weighted by Gasteiger charge is 2.37. The summed E-state index contributed by atoms with van der Waals surface area (Å²) in [4.78, 5) is 21.4. The smallest absolute Gasteiger partial charge is 0.293 e. The molecule has 3 nitrogen and oxygen atoms in total. The van der Waals surface area contributed by atoms with Gasteiger partial charge in [0.25, 0.3) is 12.3 Å². The van der Waals surface area contributed by atoms with Crippen LogP contribution in [0.1, 0.15) is 32.1 Å². The summed E-state index contributed by atoms with van der Waals surface area (Å²) in [7, 11) is 0. The highest BCUT2D eigenvalue weighted by Crippen LogP contribution is 2.41. The molecule has 1 aliphatic rings. The molecule has 1 aliphatic carbocycles. The molecular weight excluding hydrogens is 180 g/mol. The first-order valence-electron chi connectivity index (χ1n) is 4.93. The van der Waals surface area contributed by atoms with Gasteiger partial charge in [0.05, 0.1) is 13.0 Å². The zero-order chi connectivity index (χ0) is 10.4. The van der Waals surface area contributed by atoms with Crippen LogP contribution < -0.4 is 0 Å². The third-order valence-electron chi connectivity index (χ3n) is 2.90. The molecule has 0 N–H and O–H groups in total. The summed E-state index contributed by atoms with van der Waals surface area (Å²) in [6, 6.07) is 0. The van der Waals surface area contributed by atoms with Gasteiger partial charge in [0, 0.05) is 5.41 Å². The lowest BCUT2D eigenvalue weighted by Crippen LogP contribution is -2.26. The first kappa shape index (κ1) is 11.1. The Morgan fingerprint density at radius 2 is 2.14 bits per heavy atom. The largest absolute Gasteiger partial charge is 0.467 e. The normalized spacial score (nSPS) is 18.9. The Kier molecular flexibility index (Phi) is 3.98. The Morgan fingerprint density at radius 3 is 2.64 bits per heavy atom. The van der Waals surface area contributed by atoms with E-state index in [1.807, 2.05) is 0 Å². The van der Waals surface area contributed by atoms with Gasteiger partial charge >= 0.3 is 0 Å². The topological polar surface area (TPSA) is 43.4 Å². The van der Waals surface area contributed by atoms with Gasteiger partial charge in [0.2, 0.25) is 0 Å². The van der Waals surface area contributed by atoms with Crippen molar-refractivity contribution in [2.45, 2.75) is 32.1 Å². The molecular formula is C11H16O3. The van der Waals surface area contributed by atoms with E-state index in [-0.39, 0.29) is 11.2 Å². The highest BCUT2D eigenvalue weighted by molar-refractivity contribution is 5.88. The summed E-state index contributed by atoms with van der Waals surface area (Å²) < 4.78 is 4.80. The fourth-order valence-electron chi connectivity index (χ4n) is 2.15. The van der Waals surface area contributed by atoms with Gasteiger partial charge in [-0.3, -0.25) is 4.79 Å². The summed E-state index contributed by atoms with van der Waals surface area (Å²) in [5.74, 6) is 0.0430. The predicted octanol–water partition coefficient (Wildman–Crippen LogP) is 1.72.